The van der Waals surface area contributed by atoms with Crippen LogP contribution in [0.2, 0.25) is 0 Å². The lowest BCUT2D eigenvalue weighted by Crippen LogP contribution is -2.41. The van der Waals surface area contributed by atoms with Crippen LogP contribution in [0.15, 0.2) is 18.2 Å². The zero-order valence-corrected chi connectivity index (χ0v) is 9.45. The maximum atomic E-state index is 12.5. The number of hydrogen-bond acceptors (Lipinski definition) is 2. The number of alkyl halides is 8. The summed E-state index contributed by atoms with van der Waals surface area (Å²) in [5.41, 5.74) is 3.23. The Bertz CT molecular complexity index is 479. The summed E-state index contributed by atoms with van der Waals surface area (Å²) in [5.74, 6) is -5.83. The normalized spacial score (nSPS) is 13.4. The predicted octanol–water partition coefficient (Wildman–Crippen LogP) is 3.86. The minimum absolute atomic E-state index is 0.376. The highest BCUT2D eigenvalue weighted by molar-refractivity contribution is 5.54. The quantitative estimate of drug-likeness (QED) is 0.679. The maximum Gasteiger partial charge on any atom is 0.456 e. The Labute approximate surface area is 107 Å². The Morgan fingerprint density at radius 3 is 1.90 bits per heavy atom. The van der Waals surface area contributed by atoms with Crippen LogP contribution in [0.5, 0.6) is 5.75 Å². The molecule has 0 atom stereocenters. The van der Waals surface area contributed by atoms with Crippen molar-refractivity contribution < 1.29 is 39.9 Å². The molecular formula is C10H7F8NO. The third kappa shape index (κ3) is 3.64. The first-order valence-electron chi connectivity index (χ1n) is 4.88. The lowest BCUT2D eigenvalue weighted by Gasteiger charge is -2.20. The Morgan fingerprint density at radius 2 is 1.50 bits per heavy atom. The molecule has 0 saturated heterocycles. The molecule has 0 aliphatic carbocycles. The number of halogens is 8. The summed E-state index contributed by atoms with van der Waals surface area (Å²) in [4.78, 5) is 0. The molecule has 0 spiro atoms. The highest BCUT2D eigenvalue weighted by Gasteiger charge is 2.58. The molecule has 10 heteroatoms. The predicted molar refractivity (Wildman–Crippen MR) is 52.4 cm³/mol. The smallest absolute Gasteiger partial charge is 0.456 e. The van der Waals surface area contributed by atoms with Gasteiger partial charge in [-0.3, -0.25) is 0 Å². The van der Waals surface area contributed by atoms with E-state index in [0.29, 0.717) is 18.2 Å². The van der Waals surface area contributed by atoms with Crippen molar-refractivity contribution in [3.63, 3.8) is 0 Å². The van der Waals surface area contributed by atoms with Gasteiger partial charge in [-0.1, -0.05) is 0 Å². The molecule has 0 aliphatic rings. The van der Waals surface area contributed by atoms with Gasteiger partial charge in [-0.05, 0) is 18.2 Å². The van der Waals surface area contributed by atoms with Crippen molar-refractivity contribution >= 4 is 5.69 Å². The SMILES string of the molecule is Nc1cc(C(F)(F)F)ccc1OCC(F)(F)C(F)(F)F. The maximum absolute atomic E-state index is 12.5. The number of hydrogen-bond donors (Lipinski definition) is 1. The van der Waals surface area contributed by atoms with Crippen molar-refractivity contribution in [1.82, 2.24) is 0 Å². The van der Waals surface area contributed by atoms with Crippen LogP contribution in [0.4, 0.5) is 40.8 Å². The van der Waals surface area contributed by atoms with Crippen molar-refractivity contribution in [3.05, 3.63) is 23.8 Å². The molecule has 0 fully saturated rings. The molecular weight excluding hydrogens is 302 g/mol. The Morgan fingerprint density at radius 1 is 0.950 bits per heavy atom. The number of anilines is 1. The molecule has 114 valence electrons. The average molecular weight is 309 g/mol. The topological polar surface area (TPSA) is 35.2 Å². The number of rotatable bonds is 3. The van der Waals surface area contributed by atoms with E-state index in [1.165, 1.54) is 0 Å². The summed E-state index contributed by atoms with van der Waals surface area (Å²) in [7, 11) is 0. The molecule has 0 unspecified atom stereocenters. The molecule has 2 N–H and O–H groups in total. The second-order valence-corrected chi connectivity index (χ2v) is 3.74. The van der Waals surface area contributed by atoms with E-state index in [2.05, 4.69) is 4.74 Å². The number of nitrogen functional groups attached to an aromatic ring is 1. The lowest BCUT2D eigenvalue weighted by atomic mass is 10.2. The van der Waals surface area contributed by atoms with Gasteiger partial charge in [-0.25, -0.2) is 0 Å². The standard InChI is InChI=1S/C10H7F8NO/c11-8(12,10(16,17)18)4-20-7-2-1-5(3-6(7)19)9(13,14)15/h1-3H,4,19H2. The van der Waals surface area contributed by atoms with Crippen LogP contribution in [0.3, 0.4) is 0 Å². The van der Waals surface area contributed by atoms with E-state index in [4.69, 9.17) is 5.73 Å². The molecule has 0 saturated carbocycles. The Balaban J connectivity index is 2.86. The van der Waals surface area contributed by atoms with Crippen LogP contribution in [0.1, 0.15) is 5.56 Å². The van der Waals surface area contributed by atoms with E-state index in [1.54, 1.807) is 0 Å². The molecule has 2 nitrogen and oxygen atoms in total. The molecule has 0 radical (unpaired) electrons. The van der Waals surface area contributed by atoms with Crippen molar-refractivity contribution in [3.8, 4) is 5.75 Å². The first-order valence-corrected chi connectivity index (χ1v) is 4.88. The van der Waals surface area contributed by atoms with Gasteiger partial charge in [0.25, 0.3) is 0 Å². The van der Waals surface area contributed by atoms with Gasteiger partial charge in [0.05, 0.1) is 11.3 Å². The van der Waals surface area contributed by atoms with Crippen molar-refractivity contribution in [1.29, 1.82) is 0 Å². The zero-order chi connectivity index (χ0) is 15.8. The number of nitrogens with two attached hydrogens (primary N) is 1. The van der Waals surface area contributed by atoms with E-state index >= 15 is 0 Å². The van der Waals surface area contributed by atoms with E-state index in [1.807, 2.05) is 0 Å². The molecule has 1 aromatic rings. The van der Waals surface area contributed by atoms with Gasteiger partial charge < -0.3 is 10.5 Å². The fourth-order valence-corrected chi connectivity index (χ4v) is 1.11. The summed E-state index contributed by atoms with van der Waals surface area (Å²) >= 11 is 0. The number of benzene rings is 1. The van der Waals surface area contributed by atoms with Gasteiger partial charge in [0.2, 0.25) is 0 Å². The summed E-state index contributed by atoms with van der Waals surface area (Å²) in [6.45, 7) is -2.08. The van der Waals surface area contributed by atoms with Gasteiger partial charge in [-0.15, -0.1) is 0 Å². The summed E-state index contributed by atoms with van der Waals surface area (Å²) in [5, 5.41) is 0. The molecule has 0 aliphatic heterocycles. The fraction of sp³-hybridized carbons (Fsp3) is 0.400. The fourth-order valence-electron chi connectivity index (χ4n) is 1.11. The van der Waals surface area contributed by atoms with Gasteiger partial charge in [0, 0.05) is 0 Å². The first-order chi connectivity index (χ1) is 8.84. The van der Waals surface area contributed by atoms with Gasteiger partial charge in [0.15, 0.2) is 6.61 Å². The van der Waals surface area contributed by atoms with Crippen molar-refractivity contribution in [2.24, 2.45) is 0 Å². The monoisotopic (exact) mass is 309 g/mol. The van der Waals surface area contributed by atoms with Crippen LogP contribution in [0.25, 0.3) is 0 Å². The van der Waals surface area contributed by atoms with Crippen LogP contribution >= 0.6 is 0 Å². The van der Waals surface area contributed by atoms with Gasteiger partial charge in [0.1, 0.15) is 5.75 Å². The van der Waals surface area contributed by atoms with Crippen LogP contribution in [0, 0.1) is 0 Å². The van der Waals surface area contributed by atoms with E-state index in [9.17, 15) is 35.1 Å². The minimum atomic E-state index is -5.83. The molecule has 20 heavy (non-hydrogen) atoms. The molecule has 0 bridgehead atoms. The van der Waals surface area contributed by atoms with Gasteiger partial charge in [-0.2, -0.15) is 35.1 Å². The third-order valence-corrected chi connectivity index (χ3v) is 2.16. The second kappa shape index (κ2) is 4.98. The largest absolute Gasteiger partial charge is 0.485 e. The molecule has 0 heterocycles. The van der Waals surface area contributed by atoms with Crippen LogP contribution < -0.4 is 10.5 Å². The molecule has 0 aromatic heterocycles. The van der Waals surface area contributed by atoms with Crippen LogP contribution in [-0.2, 0) is 6.18 Å². The zero-order valence-electron chi connectivity index (χ0n) is 9.45. The third-order valence-electron chi connectivity index (χ3n) is 2.16. The summed E-state index contributed by atoms with van der Waals surface area (Å²) in [6.07, 6.45) is -10.5. The van der Waals surface area contributed by atoms with E-state index < -0.39 is 41.9 Å². The van der Waals surface area contributed by atoms with Gasteiger partial charge >= 0.3 is 18.3 Å². The van der Waals surface area contributed by atoms with E-state index in [0.717, 1.165) is 0 Å². The first kappa shape index (κ1) is 16.3. The minimum Gasteiger partial charge on any atom is -0.485 e. The van der Waals surface area contributed by atoms with E-state index in [-0.39, 0.29) is 0 Å². The molecule has 1 aromatic carbocycles. The highest BCUT2D eigenvalue weighted by Crippen LogP contribution is 2.37. The molecule has 1 rings (SSSR count). The Kier molecular flexibility index (Phi) is 4.07. The van der Waals surface area contributed by atoms with Crippen molar-refractivity contribution in [2.75, 3.05) is 12.3 Å². The highest BCUT2D eigenvalue weighted by atomic mass is 19.4. The lowest BCUT2D eigenvalue weighted by molar-refractivity contribution is -0.289. The Hall–Kier alpha value is -1.74. The number of ether oxygens (including phenoxy) is 1. The second-order valence-electron chi connectivity index (χ2n) is 3.74. The summed E-state index contributed by atoms with van der Waals surface area (Å²) in [6, 6.07) is 1.41. The van der Waals surface area contributed by atoms with Crippen molar-refractivity contribution in [2.45, 2.75) is 18.3 Å². The molecule has 0 amide bonds. The van der Waals surface area contributed by atoms with Crippen LogP contribution in [-0.4, -0.2) is 18.7 Å². The summed E-state index contributed by atoms with van der Waals surface area (Å²) < 4.78 is 102. The average Bonchev–Trinajstić information content (AvgIpc) is 2.24.